The molecule has 0 saturated carbocycles. The maximum absolute atomic E-state index is 14.6. The summed E-state index contributed by atoms with van der Waals surface area (Å²) in [5.41, 5.74) is 13.4. The molecule has 15 atom stereocenters. The summed E-state index contributed by atoms with van der Waals surface area (Å²) in [7, 11) is 0. The van der Waals surface area contributed by atoms with Crippen LogP contribution in [0.3, 0.4) is 0 Å². The van der Waals surface area contributed by atoms with Gasteiger partial charge in [0.15, 0.2) is 5.96 Å². The van der Waals surface area contributed by atoms with Crippen LogP contribution in [0.1, 0.15) is 125 Å². The molecule has 25 N–H and O–H groups in total. The molecule has 656 valence electrons. The zero-order valence-electron chi connectivity index (χ0n) is 68.8. The molecule has 1 fully saturated rings. The van der Waals surface area contributed by atoms with Crippen molar-refractivity contribution in [3.63, 3.8) is 0 Å². The predicted molar refractivity (Wildman–Crippen MR) is 432 cm³/mol. The van der Waals surface area contributed by atoms with E-state index in [1.54, 1.807) is 88.4 Å². The lowest BCUT2D eigenvalue weighted by molar-refractivity contribution is -0.143. The fourth-order valence-corrected chi connectivity index (χ4v) is 12.4. The monoisotopic (exact) mass is 1670 g/mol. The number of nitrogens with zero attached hydrogens (tertiary/aromatic N) is 1. The minimum Gasteiger partial charge on any atom is -0.508 e. The quantitative estimate of drug-likeness (QED) is 0.0142. The summed E-state index contributed by atoms with van der Waals surface area (Å²) in [4.78, 5) is 221. The zero-order chi connectivity index (χ0) is 89.1. The van der Waals surface area contributed by atoms with E-state index in [1.807, 2.05) is 0 Å². The number of aromatic hydroxyl groups is 1. The van der Waals surface area contributed by atoms with E-state index in [0.717, 1.165) is 12.5 Å². The number of nitrogens with two attached hydrogens (primary N) is 2. The first-order chi connectivity index (χ1) is 56.0. The molecule has 119 heavy (non-hydrogen) atoms. The lowest BCUT2D eigenvalue weighted by Gasteiger charge is -2.32. The smallest absolute Gasteiger partial charge is 0.325 e. The number of carboxylic acid groups (broad SMARTS) is 1. The minimum atomic E-state index is -1.89. The number of carboxylic acids is 1. The third-order valence-electron chi connectivity index (χ3n) is 19.1. The standard InChI is InChI=1S/C79H119N19O21/c1-40(2)32-55(77(117)98-31-19-25-58(98)72(112)95-61(41(3)4)73(113)85-36-59(103)86-45(10)78(118)119)92-71(111)57(39-100)93-75(115)63(43(7)8)96-76(116)64(46(11)101)97-68(108)52(24-18-30-83-79(81)82)89-74(114)62(42(5)6)94-69(109)54(34-48-22-16-13-17-23-48)91-70(110)56(38-99)88-60(104)37-84-67(107)53(35-49-26-28-50(102)29-27-49)90-65(105)44(9)87-66(106)51(80)33-47-20-14-12-15-21-47/h12-17,20-23,26-29,40-46,51-58,61-64,99-102H,18-19,24-25,30-39,80H2,1-11H3,(H,84,107)(H,85,113)(H,86,103)(H,87,106)(H,88,104)(H,89,114)(H,90,105)(H,91,110)(H,92,111)(H,93,115)(H,94,109)(H,95,112)(H,96,116)(H,97,108)(H,118,119)(H4,81,82,83)/t44-,45-,46+,51-,52-,53-,54-,55-,56-,57-,58-,61-,62-,63-,64-/m0/s1. The lowest BCUT2D eigenvalue weighted by atomic mass is 9.99. The fraction of sp³-hybridized carbons (Fsp3) is 0.557. The SMILES string of the molecule is CC(C)C[C@H](NC(=O)[C@H](CO)NC(=O)[C@@H](NC(=O)[C@@H](NC(=O)[C@H](CCCNC(=N)N)NC(=O)[C@@H](NC(=O)[C@H](Cc1ccccc1)NC(=O)[C@H](CO)NC(=O)CNC(=O)[C@H](Cc1ccc(O)cc1)NC(=O)[C@H](C)NC(=O)[C@@H](N)Cc1ccccc1)C(C)C)[C@@H](C)O)C(C)C)C(=O)N1CCC[C@H]1C(=O)N[C@H](C(=O)NCC(=O)N[C@@H](C)C(=O)O)C(C)C. The summed E-state index contributed by atoms with van der Waals surface area (Å²) in [5.74, 6) is -18.0. The van der Waals surface area contributed by atoms with Gasteiger partial charge in [-0.2, -0.15) is 0 Å². The van der Waals surface area contributed by atoms with Gasteiger partial charge < -0.3 is 122 Å². The van der Waals surface area contributed by atoms with E-state index in [9.17, 15) is 97.1 Å². The maximum atomic E-state index is 14.6. The number of likely N-dealkylation sites (tertiary alicyclic amines) is 1. The number of phenolic OH excluding ortho intramolecular Hbond substituents is 1. The molecule has 15 amide bonds. The van der Waals surface area contributed by atoms with Crippen LogP contribution in [0.5, 0.6) is 5.75 Å². The Kier molecular flexibility index (Phi) is 41.2. The number of rotatable bonds is 48. The molecule has 3 aromatic rings. The Morgan fingerprint density at radius 1 is 0.454 bits per heavy atom. The van der Waals surface area contributed by atoms with Crippen molar-refractivity contribution >= 4 is 101 Å². The van der Waals surface area contributed by atoms with Crippen molar-refractivity contribution < 1.29 is 102 Å². The number of carbonyl (C=O) groups is 16. The average molecular weight is 1670 g/mol. The number of hydrogen-bond donors (Lipinski definition) is 23. The van der Waals surface area contributed by atoms with Gasteiger partial charge in [0.1, 0.15) is 84.3 Å². The van der Waals surface area contributed by atoms with Crippen LogP contribution in [-0.4, -0.2) is 261 Å². The van der Waals surface area contributed by atoms with E-state index >= 15 is 0 Å². The number of amides is 15. The zero-order valence-corrected chi connectivity index (χ0v) is 68.8. The highest BCUT2D eigenvalue weighted by Crippen LogP contribution is 2.22. The van der Waals surface area contributed by atoms with E-state index in [4.69, 9.17) is 22.0 Å². The second-order valence-corrected chi connectivity index (χ2v) is 30.7. The second kappa shape index (κ2) is 49.3. The van der Waals surface area contributed by atoms with Crippen molar-refractivity contribution in [2.24, 2.45) is 35.1 Å². The third kappa shape index (κ3) is 33.6. The summed E-state index contributed by atoms with van der Waals surface area (Å²) >= 11 is 0. The van der Waals surface area contributed by atoms with Crippen LogP contribution in [-0.2, 0) is 96.0 Å². The number of phenols is 1. The summed E-state index contributed by atoms with van der Waals surface area (Å²) in [6.45, 7) is 13.0. The summed E-state index contributed by atoms with van der Waals surface area (Å²) in [6, 6.07) is 2.53. The Balaban J connectivity index is 1.48. The Morgan fingerprint density at radius 2 is 0.882 bits per heavy atom. The highest BCUT2D eigenvalue weighted by atomic mass is 16.4. The number of nitrogens with one attached hydrogen (secondary N) is 16. The van der Waals surface area contributed by atoms with Gasteiger partial charge >= 0.3 is 5.97 Å². The van der Waals surface area contributed by atoms with Crippen molar-refractivity contribution in [2.75, 3.05) is 39.4 Å². The normalized spacial score (nSPS) is 16.0. The molecule has 1 aliphatic rings. The van der Waals surface area contributed by atoms with Crippen molar-refractivity contribution in [3.05, 3.63) is 102 Å². The Hall–Kier alpha value is -11.9. The highest BCUT2D eigenvalue weighted by Gasteiger charge is 2.42. The van der Waals surface area contributed by atoms with Crippen LogP contribution in [0.2, 0.25) is 0 Å². The summed E-state index contributed by atoms with van der Waals surface area (Å²) in [5, 5.41) is 96.0. The molecule has 0 radical (unpaired) electrons. The molecule has 0 aliphatic carbocycles. The maximum Gasteiger partial charge on any atom is 0.325 e. The molecule has 4 rings (SSSR count). The number of hydrogen-bond acceptors (Lipinski definition) is 22. The molecular formula is C79H119N19O21. The fourth-order valence-electron chi connectivity index (χ4n) is 12.4. The first kappa shape index (κ1) is 99.4. The average Bonchev–Trinajstić information content (AvgIpc) is 1.76. The topological polar surface area (TPSA) is 634 Å². The summed E-state index contributed by atoms with van der Waals surface area (Å²) in [6.07, 6.45) is -1.74. The van der Waals surface area contributed by atoms with E-state index in [1.165, 1.54) is 70.7 Å². The number of aliphatic hydroxyl groups excluding tert-OH is 3. The number of aliphatic carboxylic acids is 1. The molecule has 0 spiro atoms. The molecular weight excluding hydrogens is 1550 g/mol. The molecule has 1 aliphatic heterocycles. The van der Waals surface area contributed by atoms with Crippen LogP contribution in [0.4, 0.5) is 0 Å². The number of guanidine groups is 1. The molecule has 40 nitrogen and oxygen atoms in total. The van der Waals surface area contributed by atoms with Gasteiger partial charge in [0.05, 0.1) is 38.4 Å². The summed E-state index contributed by atoms with van der Waals surface area (Å²) < 4.78 is 0. The van der Waals surface area contributed by atoms with E-state index < -0.39 is 235 Å². The molecule has 40 heteroatoms. The highest BCUT2D eigenvalue weighted by molar-refractivity contribution is 6.01. The first-order valence-electron chi connectivity index (χ1n) is 39.4. The van der Waals surface area contributed by atoms with Gasteiger partial charge in [-0.1, -0.05) is 128 Å². The van der Waals surface area contributed by atoms with Crippen LogP contribution in [0.25, 0.3) is 0 Å². The molecule has 1 saturated heterocycles. The predicted octanol–water partition coefficient (Wildman–Crippen LogP) is -5.44. The van der Waals surface area contributed by atoms with Gasteiger partial charge in [-0.15, -0.1) is 0 Å². The van der Waals surface area contributed by atoms with E-state index in [0.29, 0.717) is 17.5 Å². The van der Waals surface area contributed by atoms with Crippen molar-refractivity contribution in [1.82, 2.24) is 84.7 Å². The van der Waals surface area contributed by atoms with Crippen LogP contribution in [0, 0.1) is 29.1 Å². The molecule has 0 bridgehead atoms. The lowest BCUT2D eigenvalue weighted by Crippen LogP contribution is -2.63. The minimum absolute atomic E-state index is 0.00185. The molecule has 0 unspecified atom stereocenters. The number of aliphatic hydroxyl groups is 3. The number of carbonyl (C=O) groups excluding carboxylic acids is 15. The van der Waals surface area contributed by atoms with Crippen LogP contribution in [0.15, 0.2) is 84.9 Å². The van der Waals surface area contributed by atoms with E-state index in [2.05, 4.69) is 79.8 Å². The van der Waals surface area contributed by atoms with Crippen molar-refractivity contribution in [2.45, 2.75) is 218 Å². The van der Waals surface area contributed by atoms with Gasteiger partial charge in [-0.3, -0.25) is 82.1 Å². The molecule has 3 aromatic carbocycles. The Bertz CT molecular complexity index is 3970. The van der Waals surface area contributed by atoms with Crippen LogP contribution < -0.4 is 91.2 Å². The molecule has 1 heterocycles. The van der Waals surface area contributed by atoms with Crippen molar-refractivity contribution in [3.8, 4) is 5.75 Å². The van der Waals surface area contributed by atoms with Gasteiger partial charge in [-0.05, 0) is 112 Å². The Labute approximate surface area is 690 Å². The largest absolute Gasteiger partial charge is 0.508 e. The Morgan fingerprint density at radius 3 is 1.39 bits per heavy atom. The third-order valence-corrected chi connectivity index (χ3v) is 19.1. The van der Waals surface area contributed by atoms with E-state index in [-0.39, 0.29) is 69.7 Å². The van der Waals surface area contributed by atoms with Gasteiger partial charge in [0, 0.05) is 25.9 Å². The van der Waals surface area contributed by atoms with Crippen molar-refractivity contribution in [1.29, 1.82) is 5.41 Å². The van der Waals surface area contributed by atoms with Gasteiger partial charge in [0.25, 0.3) is 0 Å². The first-order valence-corrected chi connectivity index (χ1v) is 39.4. The molecule has 0 aromatic heterocycles. The van der Waals surface area contributed by atoms with Gasteiger partial charge in [0.2, 0.25) is 88.6 Å². The second-order valence-electron chi connectivity index (χ2n) is 30.7. The number of benzene rings is 3. The van der Waals surface area contributed by atoms with Crippen LogP contribution >= 0.6 is 0 Å². The van der Waals surface area contributed by atoms with Gasteiger partial charge in [-0.25, -0.2) is 0 Å².